The molecule has 0 aromatic heterocycles. The Morgan fingerprint density at radius 1 is 1.30 bits per heavy atom. The van der Waals surface area contributed by atoms with E-state index < -0.39 is 0 Å². The summed E-state index contributed by atoms with van der Waals surface area (Å²) in [7, 11) is 1.69. The summed E-state index contributed by atoms with van der Waals surface area (Å²) in [6, 6.07) is 8.50. The third kappa shape index (κ3) is 3.51. The molecule has 0 spiro atoms. The van der Waals surface area contributed by atoms with Gasteiger partial charge in [-0.25, -0.2) is 0 Å². The lowest BCUT2D eigenvalue weighted by Gasteiger charge is -2.40. The number of hydrogen-bond acceptors (Lipinski definition) is 4. The van der Waals surface area contributed by atoms with E-state index in [0.717, 1.165) is 50.3 Å². The van der Waals surface area contributed by atoms with Gasteiger partial charge < -0.3 is 20.3 Å². The fourth-order valence-corrected chi connectivity index (χ4v) is 3.78. The molecule has 23 heavy (non-hydrogen) atoms. The van der Waals surface area contributed by atoms with Crippen molar-refractivity contribution in [3.8, 4) is 5.75 Å². The Labute approximate surface area is 138 Å². The minimum Gasteiger partial charge on any atom is -0.496 e. The first kappa shape index (κ1) is 16.3. The molecule has 1 aromatic carbocycles. The molecule has 5 nitrogen and oxygen atoms in total. The molecule has 2 heterocycles. The number of rotatable bonds is 3. The standard InChI is InChI=1S/C18H27N3O2/c1-13-11-14(7-8-20-13)18(22)21-10-9-19-12-16(21)15-5-3-4-6-17(15)23-2/h3-6,13-14,16,19-20H,7-12H2,1-2H3/t13-,14-,16?/m0/s1. The molecule has 2 aliphatic rings. The fraction of sp³-hybridized carbons (Fsp3) is 0.611. The van der Waals surface area contributed by atoms with E-state index in [4.69, 9.17) is 4.74 Å². The molecule has 0 aliphatic carbocycles. The van der Waals surface area contributed by atoms with Crippen molar-refractivity contribution < 1.29 is 9.53 Å². The smallest absolute Gasteiger partial charge is 0.226 e. The lowest BCUT2D eigenvalue weighted by molar-refractivity contribution is -0.140. The molecule has 2 fully saturated rings. The fourth-order valence-electron chi connectivity index (χ4n) is 3.78. The number of nitrogens with zero attached hydrogens (tertiary/aromatic N) is 1. The van der Waals surface area contributed by atoms with Crippen LogP contribution in [0.25, 0.3) is 0 Å². The summed E-state index contributed by atoms with van der Waals surface area (Å²) in [6.45, 7) is 5.50. The SMILES string of the molecule is COc1ccccc1C1CNCCN1C(=O)[C@H]1CCN[C@@H](C)C1. The highest BCUT2D eigenvalue weighted by Crippen LogP contribution is 2.32. The average molecular weight is 317 g/mol. The van der Waals surface area contributed by atoms with Crippen molar-refractivity contribution in [3.63, 3.8) is 0 Å². The van der Waals surface area contributed by atoms with Crippen LogP contribution in [0.2, 0.25) is 0 Å². The molecule has 2 saturated heterocycles. The van der Waals surface area contributed by atoms with E-state index in [9.17, 15) is 4.79 Å². The highest BCUT2D eigenvalue weighted by molar-refractivity contribution is 5.80. The molecule has 5 heteroatoms. The second-order valence-corrected chi connectivity index (χ2v) is 6.57. The van der Waals surface area contributed by atoms with Gasteiger partial charge in [-0.15, -0.1) is 0 Å². The Morgan fingerprint density at radius 3 is 2.91 bits per heavy atom. The molecule has 1 aromatic rings. The van der Waals surface area contributed by atoms with E-state index in [0.29, 0.717) is 11.9 Å². The number of piperidine rings is 1. The van der Waals surface area contributed by atoms with Crippen molar-refractivity contribution in [1.29, 1.82) is 0 Å². The van der Waals surface area contributed by atoms with Crippen LogP contribution in [0.3, 0.4) is 0 Å². The van der Waals surface area contributed by atoms with Crippen LogP contribution in [0.5, 0.6) is 5.75 Å². The molecular weight excluding hydrogens is 290 g/mol. The molecule has 1 unspecified atom stereocenters. The van der Waals surface area contributed by atoms with E-state index in [1.807, 2.05) is 18.2 Å². The summed E-state index contributed by atoms with van der Waals surface area (Å²) in [4.78, 5) is 15.2. The van der Waals surface area contributed by atoms with Gasteiger partial charge in [0.1, 0.15) is 5.75 Å². The first-order valence-corrected chi connectivity index (χ1v) is 8.58. The highest BCUT2D eigenvalue weighted by atomic mass is 16.5. The normalized spacial score (nSPS) is 28.4. The Morgan fingerprint density at radius 2 is 2.13 bits per heavy atom. The summed E-state index contributed by atoms with van der Waals surface area (Å²) < 4.78 is 5.51. The van der Waals surface area contributed by atoms with Gasteiger partial charge in [0.25, 0.3) is 0 Å². The van der Waals surface area contributed by atoms with Gasteiger partial charge in [-0.1, -0.05) is 18.2 Å². The van der Waals surface area contributed by atoms with Crippen molar-refractivity contribution >= 4 is 5.91 Å². The highest BCUT2D eigenvalue weighted by Gasteiger charge is 2.35. The zero-order valence-electron chi connectivity index (χ0n) is 14.0. The van der Waals surface area contributed by atoms with Crippen molar-refractivity contribution in [3.05, 3.63) is 29.8 Å². The molecule has 0 radical (unpaired) electrons. The van der Waals surface area contributed by atoms with E-state index in [2.05, 4.69) is 28.5 Å². The number of benzene rings is 1. The van der Waals surface area contributed by atoms with E-state index >= 15 is 0 Å². The minimum atomic E-state index is 0.0533. The number of amides is 1. The van der Waals surface area contributed by atoms with Gasteiger partial charge in [0, 0.05) is 37.2 Å². The maximum atomic E-state index is 13.1. The maximum Gasteiger partial charge on any atom is 0.226 e. The summed E-state index contributed by atoms with van der Waals surface area (Å²) in [5.74, 6) is 1.30. The van der Waals surface area contributed by atoms with Crippen LogP contribution in [0.15, 0.2) is 24.3 Å². The average Bonchev–Trinajstić information content (AvgIpc) is 2.61. The van der Waals surface area contributed by atoms with Crippen molar-refractivity contribution in [1.82, 2.24) is 15.5 Å². The van der Waals surface area contributed by atoms with E-state index in [-0.39, 0.29) is 12.0 Å². The number of carbonyl (C=O) groups excluding carboxylic acids is 1. The molecule has 126 valence electrons. The zero-order valence-corrected chi connectivity index (χ0v) is 14.0. The Balaban J connectivity index is 1.82. The Bertz CT molecular complexity index is 549. The number of para-hydroxylation sites is 1. The number of hydrogen-bond donors (Lipinski definition) is 2. The van der Waals surface area contributed by atoms with Gasteiger partial charge in [0.2, 0.25) is 5.91 Å². The van der Waals surface area contributed by atoms with Crippen molar-refractivity contribution in [2.45, 2.75) is 31.8 Å². The van der Waals surface area contributed by atoms with Crippen LogP contribution in [0.1, 0.15) is 31.4 Å². The largest absolute Gasteiger partial charge is 0.496 e. The lowest BCUT2D eigenvalue weighted by atomic mass is 9.90. The molecular formula is C18H27N3O2. The summed E-state index contributed by atoms with van der Waals surface area (Å²) in [5, 5.41) is 6.85. The second-order valence-electron chi connectivity index (χ2n) is 6.57. The Kier molecular flexibility index (Phi) is 5.18. The number of ether oxygens (including phenoxy) is 1. The van der Waals surface area contributed by atoms with Gasteiger partial charge in [-0.2, -0.15) is 0 Å². The van der Waals surface area contributed by atoms with Gasteiger partial charge in [-0.3, -0.25) is 4.79 Å². The number of carbonyl (C=O) groups is 1. The molecule has 1 amide bonds. The van der Waals surface area contributed by atoms with Gasteiger partial charge in [0.05, 0.1) is 13.2 Å². The van der Waals surface area contributed by atoms with Gasteiger partial charge in [0.15, 0.2) is 0 Å². The lowest BCUT2D eigenvalue weighted by Crippen LogP contribution is -2.52. The predicted octanol–water partition coefficient (Wildman–Crippen LogP) is 1.56. The topological polar surface area (TPSA) is 53.6 Å². The van der Waals surface area contributed by atoms with Crippen molar-refractivity contribution in [2.24, 2.45) is 5.92 Å². The monoisotopic (exact) mass is 317 g/mol. The first-order chi connectivity index (χ1) is 11.2. The van der Waals surface area contributed by atoms with Crippen LogP contribution in [0, 0.1) is 5.92 Å². The van der Waals surface area contributed by atoms with E-state index in [1.54, 1.807) is 7.11 Å². The van der Waals surface area contributed by atoms with Crippen LogP contribution < -0.4 is 15.4 Å². The number of methoxy groups -OCH3 is 1. The molecule has 0 saturated carbocycles. The predicted molar refractivity (Wildman–Crippen MR) is 90.5 cm³/mol. The number of piperazine rings is 1. The Hall–Kier alpha value is -1.59. The third-order valence-electron chi connectivity index (χ3n) is 5.00. The molecule has 3 rings (SSSR count). The summed E-state index contributed by atoms with van der Waals surface area (Å²) in [5.41, 5.74) is 1.09. The molecule has 3 atom stereocenters. The molecule has 2 aliphatic heterocycles. The number of nitrogens with one attached hydrogen (secondary N) is 2. The molecule has 0 bridgehead atoms. The van der Waals surface area contributed by atoms with Crippen LogP contribution >= 0.6 is 0 Å². The second kappa shape index (κ2) is 7.32. The minimum absolute atomic E-state index is 0.0533. The quantitative estimate of drug-likeness (QED) is 0.888. The summed E-state index contributed by atoms with van der Waals surface area (Å²) >= 11 is 0. The third-order valence-corrected chi connectivity index (χ3v) is 5.00. The van der Waals surface area contributed by atoms with Crippen molar-refractivity contribution in [2.75, 3.05) is 33.3 Å². The van der Waals surface area contributed by atoms with Crippen LogP contribution in [-0.2, 0) is 4.79 Å². The van der Waals surface area contributed by atoms with Crippen LogP contribution in [0.4, 0.5) is 0 Å². The van der Waals surface area contributed by atoms with Gasteiger partial charge in [-0.05, 0) is 32.4 Å². The molecule has 2 N–H and O–H groups in total. The zero-order chi connectivity index (χ0) is 16.2. The maximum absolute atomic E-state index is 13.1. The first-order valence-electron chi connectivity index (χ1n) is 8.58. The van der Waals surface area contributed by atoms with Gasteiger partial charge >= 0.3 is 0 Å². The van der Waals surface area contributed by atoms with Crippen LogP contribution in [-0.4, -0.2) is 50.1 Å². The van der Waals surface area contributed by atoms with E-state index in [1.165, 1.54) is 0 Å². The summed E-state index contributed by atoms with van der Waals surface area (Å²) in [6.07, 6.45) is 1.87.